The molecule has 7 nitrogen and oxygen atoms in total. The molecule has 1 fully saturated rings. The van der Waals surface area contributed by atoms with Crippen molar-refractivity contribution in [3.05, 3.63) is 46.8 Å². The second kappa shape index (κ2) is 8.47. The Kier molecular flexibility index (Phi) is 6.03. The summed E-state index contributed by atoms with van der Waals surface area (Å²) in [6, 6.07) is 6.36. The topological polar surface area (TPSA) is 76.5 Å². The molecule has 0 aliphatic carbocycles. The molecule has 2 amide bonds. The van der Waals surface area contributed by atoms with Crippen LogP contribution in [-0.2, 0) is 16.1 Å². The lowest BCUT2D eigenvalue weighted by molar-refractivity contribution is -0.117. The van der Waals surface area contributed by atoms with E-state index in [1.54, 1.807) is 30.0 Å². The van der Waals surface area contributed by atoms with Gasteiger partial charge in [0, 0.05) is 30.0 Å². The fourth-order valence-electron chi connectivity index (χ4n) is 2.97. The van der Waals surface area contributed by atoms with Crippen molar-refractivity contribution in [3.63, 3.8) is 0 Å². The van der Waals surface area contributed by atoms with Gasteiger partial charge in [0.1, 0.15) is 12.2 Å². The Balaban J connectivity index is 1.71. The molecule has 1 N–H and O–H groups in total. The Labute approximate surface area is 161 Å². The van der Waals surface area contributed by atoms with Crippen LogP contribution in [0.5, 0.6) is 0 Å². The Morgan fingerprint density at radius 3 is 2.57 bits per heavy atom. The maximum atomic E-state index is 12.8. The number of nitrogens with zero attached hydrogens (tertiary/aromatic N) is 3. The number of nitrogens with one attached hydrogen (secondary N) is 1. The lowest BCUT2D eigenvalue weighted by Gasteiger charge is -2.27. The number of hydrogen-bond donors (Lipinski definition) is 1. The van der Waals surface area contributed by atoms with Crippen molar-refractivity contribution in [1.82, 2.24) is 14.7 Å². The summed E-state index contributed by atoms with van der Waals surface area (Å²) >= 11 is 0. The number of amides is 2. The van der Waals surface area contributed by atoms with E-state index >= 15 is 0 Å². The van der Waals surface area contributed by atoms with Crippen molar-refractivity contribution in [2.75, 3.05) is 31.6 Å². The second-order valence-electron chi connectivity index (χ2n) is 6.65. The SMILES string of the molecule is Cc1ccc(C(=O)N2CCOCC2)cc1NC(=O)Cn1nc(C(F)F)cc1C. The van der Waals surface area contributed by atoms with Gasteiger partial charge >= 0.3 is 0 Å². The zero-order valence-corrected chi connectivity index (χ0v) is 15.7. The predicted octanol–water partition coefficient (Wildman–Crippen LogP) is 2.55. The molecule has 1 saturated heterocycles. The third-order valence-corrected chi connectivity index (χ3v) is 4.57. The van der Waals surface area contributed by atoms with Crippen molar-refractivity contribution < 1.29 is 23.1 Å². The van der Waals surface area contributed by atoms with E-state index in [2.05, 4.69) is 10.4 Å². The first-order valence-corrected chi connectivity index (χ1v) is 8.95. The molecule has 0 saturated carbocycles. The average molecular weight is 392 g/mol. The highest BCUT2D eigenvalue weighted by Crippen LogP contribution is 2.20. The van der Waals surface area contributed by atoms with Gasteiger partial charge < -0.3 is 15.0 Å². The van der Waals surface area contributed by atoms with Crippen LogP contribution < -0.4 is 5.32 Å². The van der Waals surface area contributed by atoms with Crippen molar-refractivity contribution in [3.8, 4) is 0 Å². The zero-order valence-electron chi connectivity index (χ0n) is 15.7. The summed E-state index contributed by atoms with van der Waals surface area (Å²) < 4.78 is 32.0. The van der Waals surface area contributed by atoms with E-state index in [1.165, 1.54) is 10.7 Å². The normalized spacial score (nSPS) is 14.4. The molecule has 150 valence electrons. The van der Waals surface area contributed by atoms with Crippen LogP contribution in [0.15, 0.2) is 24.3 Å². The summed E-state index contributed by atoms with van der Waals surface area (Å²) in [4.78, 5) is 26.7. The van der Waals surface area contributed by atoms with E-state index in [-0.39, 0.29) is 18.1 Å². The number of anilines is 1. The molecule has 1 aromatic carbocycles. The largest absolute Gasteiger partial charge is 0.378 e. The highest BCUT2D eigenvalue weighted by atomic mass is 19.3. The molecule has 0 atom stereocenters. The standard InChI is InChI=1S/C19H22F2N4O3/c1-12-3-4-14(19(27)24-5-7-28-8-6-24)10-15(12)22-17(26)11-25-13(2)9-16(23-25)18(20)21/h3-4,9-10,18H,5-8,11H2,1-2H3,(H,22,26). The van der Waals surface area contributed by atoms with Gasteiger partial charge in [0.2, 0.25) is 5.91 Å². The summed E-state index contributed by atoms with van der Waals surface area (Å²) in [6.45, 7) is 5.29. The summed E-state index contributed by atoms with van der Waals surface area (Å²) in [7, 11) is 0. The molecule has 0 spiro atoms. The highest BCUT2D eigenvalue weighted by molar-refractivity contribution is 5.97. The van der Waals surface area contributed by atoms with Crippen LogP contribution in [0.2, 0.25) is 0 Å². The molecule has 1 aliphatic heterocycles. The summed E-state index contributed by atoms with van der Waals surface area (Å²) in [5.41, 5.74) is 1.87. The van der Waals surface area contributed by atoms with Crippen LogP contribution in [0.25, 0.3) is 0 Å². The van der Waals surface area contributed by atoms with E-state index in [4.69, 9.17) is 4.74 Å². The molecule has 0 bridgehead atoms. The van der Waals surface area contributed by atoms with Crippen LogP contribution in [-0.4, -0.2) is 52.8 Å². The van der Waals surface area contributed by atoms with Gasteiger partial charge in [0.15, 0.2) is 0 Å². The monoisotopic (exact) mass is 392 g/mol. The number of benzene rings is 1. The Morgan fingerprint density at radius 2 is 1.93 bits per heavy atom. The molecule has 0 radical (unpaired) electrons. The number of aryl methyl sites for hydroxylation is 2. The summed E-state index contributed by atoms with van der Waals surface area (Å²) in [5, 5.41) is 6.49. The van der Waals surface area contributed by atoms with E-state index in [9.17, 15) is 18.4 Å². The molecule has 0 unspecified atom stereocenters. The maximum Gasteiger partial charge on any atom is 0.282 e. The Bertz CT molecular complexity index is 876. The van der Waals surface area contributed by atoms with Crippen molar-refractivity contribution >= 4 is 17.5 Å². The van der Waals surface area contributed by atoms with Crippen molar-refractivity contribution in [2.24, 2.45) is 0 Å². The zero-order chi connectivity index (χ0) is 20.3. The molecule has 9 heteroatoms. The number of rotatable bonds is 5. The van der Waals surface area contributed by atoms with E-state index in [0.717, 1.165) is 5.56 Å². The molecular weight excluding hydrogens is 370 g/mol. The third kappa shape index (κ3) is 4.53. The van der Waals surface area contributed by atoms with Gasteiger partial charge in [0.05, 0.1) is 13.2 Å². The molecule has 3 rings (SSSR count). The number of hydrogen-bond acceptors (Lipinski definition) is 4. The average Bonchev–Trinajstić information content (AvgIpc) is 3.04. The first-order valence-electron chi connectivity index (χ1n) is 8.95. The van der Waals surface area contributed by atoms with E-state index < -0.39 is 12.3 Å². The van der Waals surface area contributed by atoms with Crippen LogP contribution >= 0.6 is 0 Å². The van der Waals surface area contributed by atoms with Gasteiger partial charge in [-0.05, 0) is 37.6 Å². The lowest BCUT2D eigenvalue weighted by atomic mass is 10.1. The maximum absolute atomic E-state index is 12.8. The Hall–Kier alpha value is -2.81. The van der Waals surface area contributed by atoms with Crippen molar-refractivity contribution in [2.45, 2.75) is 26.8 Å². The third-order valence-electron chi connectivity index (χ3n) is 4.57. The number of aromatic nitrogens is 2. The minimum Gasteiger partial charge on any atom is -0.378 e. The molecule has 1 aromatic heterocycles. The number of halogens is 2. The molecule has 1 aliphatic rings. The van der Waals surface area contributed by atoms with Crippen LogP contribution in [0.4, 0.5) is 14.5 Å². The lowest BCUT2D eigenvalue weighted by Crippen LogP contribution is -2.40. The number of alkyl halides is 2. The van der Waals surface area contributed by atoms with Gasteiger partial charge in [-0.2, -0.15) is 5.10 Å². The first-order chi connectivity index (χ1) is 13.3. The highest BCUT2D eigenvalue weighted by Gasteiger charge is 2.20. The van der Waals surface area contributed by atoms with Gasteiger partial charge in [-0.25, -0.2) is 8.78 Å². The van der Waals surface area contributed by atoms with Gasteiger partial charge in [-0.3, -0.25) is 14.3 Å². The minimum absolute atomic E-state index is 0.122. The van der Waals surface area contributed by atoms with Crippen molar-refractivity contribution in [1.29, 1.82) is 0 Å². The van der Waals surface area contributed by atoms with Gasteiger partial charge in [-0.1, -0.05) is 6.07 Å². The minimum atomic E-state index is -2.69. The number of carbonyl (C=O) groups is 2. The Morgan fingerprint density at radius 1 is 1.21 bits per heavy atom. The number of morpholine rings is 1. The van der Waals surface area contributed by atoms with Gasteiger partial charge in [0.25, 0.3) is 12.3 Å². The van der Waals surface area contributed by atoms with Gasteiger partial charge in [-0.15, -0.1) is 0 Å². The number of ether oxygens (including phenoxy) is 1. The number of carbonyl (C=O) groups excluding carboxylic acids is 2. The molecule has 28 heavy (non-hydrogen) atoms. The summed E-state index contributed by atoms with van der Waals surface area (Å²) in [6.07, 6.45) is -2.69. The van der Waals surface area contributed by atoms with E-state index in [0.29, 0.717) is 43.2 Å². The van der Waals surface area contributed by atoms with E-state index in [1.807, 2.05) is 6.92 Å². The molecule has 2 heterocycles. The van der Waals surface area contributed by atoms with Crippen LogP contribution in [0, 0.1) is 13.8 Å². The fourth-order valence-corrected chi connectivity index (χ4v) is 2.97. The smallest absolute Gasteiger partial charge is 0.282 e. The molecular formula is C19H22F2N4O3. The van der Waals surface area contributed by atoms with Crippen LogP contribution in [0.1, 0.15) is 33.7 Å². The fraction of sp³-hybridized carbons (Fsp3) is 0.421. The first kappa shape index (κ1) is 19.9. The summed E-state index contributed by atoms with van der Waals surface area (Å²) in [5.74, 6) is -0.533. The quantitative estimate of drug-likeness (QED) is 0.849. The molecule has 2 aromatic rings. The second-order valence-corrected chi connectivity index (χ2v) is 6.65. The predicted molar refractivity (Wildman–Crippen MR) is 98.5 cm³/mol. The van der Waals surface area contributed by atoms with Crippen LogP contribution in [0.3, 0.4) is 0 Å².